The van der Waals surface area contributed by atoms with Crippen LogP contribution in [-0.2, 0) is 4.79 Å². The summed E-state index contributed by atoms with van der Waals surface area (Å²) in [4.78, 5) is 11.8. The van der Waals surface area contributed by atoms with Gasteiger partial charge in [-0.05, 0) is 24.6 Å². The highest BCUT2D eigenvalue weighted by Crippen LogP contribution is 2.19. The summed E-state index contributed by atoms with van der Waals surface area (Å²) in [6.45, 7) is 2.23. The second kappa shape index (κ2) is 11.5. The van der Waals surface area contributed by atoms with Crippen LogP contribution in [0.3, 0.4) is 0 Å². The van der Waals surface area contributed by atoms with Gasteiger partial charge < -0.3 is 5.32 Å². The van der Waals surface area contributed by atoms with Crippen LogP contribution in [0.5, 0.6) is 0 Å². The Labute approximate surface area is 138 Å². The Balaban J connectivity index is 2.05. The Hall–Kier alpha value is -1.09. The van der Waals surface area contributed by atoms with Crippen LogP contribution in [0.25, 0.3) is 0 Å². The summed E-state index contributed by atoms with van der Waals surface area (Å²) in [5.74, 6) is -0.510. The second-order valence-corrected chi connectivity index (χ2v) is 6.16. The Kier molecular flexibility index (Phi) is 9.89. The lowest BCUT2D eigenvalue weighted by Gasteiger charge is -2.06. The van der Waals surface area contributed by atoms with Crippen molar-refractivity contribution >= 4 is 23.2 Å². The highest BCUT2D eigenvalue weighted by atomic mass is 35.5. The Bertz CT molecular complexity index is 451. The molecule has 1 aromatic rings. The van der Waals surface area contributed by atoms with Crippen LogP contribution >= 0.6 is 11.6 Å². The van der Waals surface area contributed by atoms with E-state index in [0.29, 0.717) is 12.1 Å². The molecule has 0 fully saturated rings. The number of halogens is 2. The van der Waals surface area contributed by atoms with E-state index in [4.69, 9.17) is 11.6 Å². The molecule has 0 radical (unpaired) electrons. The van der Waals surface area contributed by atoms with Crippen molar-refractivity contribution in [3.8, 4) is 0 Å². The number of anilines is 1. The lowest BCUT2D eigenvalue weighted by atomic mass is 10.1. The number of hydrogen-bond donors (Lipinski definition) is 1. The summed E-state index contributed by atoms with van der Waals surface area (Å²) >= 11 is 5.68. The average molecular weight is 328 g/mol. The molecule has 0 aromatic heterocycles. The molecule has 22 heavy (non-hydrogen) atoms. The van der Waals surface area contributed by atoms with E-state index in [0.717, 1.165) is 12.8 Å². The number of carbonyl (C=O) groups is 1. The van der Waals surface area contributed by atoms with Crippen LogP contribution in [-0.4, -0.2) is 5.91 Å². The first kappa shape index (κ1) is 19.0. The number of amides is 1. The monoisotopic (exact) mass is 327 g/mol. The first-order valence-electron chi connectivity index (χ1n) is 8.38. The van der Waals surface area contributed by atoms with Gasteiger partial charge in [0.2, 0.25) is 5.91 Å². The predicted octanol–water partition coefficient (Wildman–Crippen LogP) is 6.34. The molecule has 0 saturated carbocycles. The number of benzene rings is 1. The van der Waals surface area contributed by atoms with E-state index < -0.39 is 5.82 Å². The van der Waals surface area contributed by atoms with Gasteiger partial charge in [0.1, 0.15) is 5.82 Å². The molecule has 1 rings (SSSR count). The van der Waals surface area contributed by atoms with Gasteiger partial charge in [-0.15, -0.1) is 0 Å². The number of unbranched alkanes of at least 4 members (excludes halogenated alkanes) is 8. The number of hydrogen-bond acceptors (Lipinski definition) is 1. The molecule has 0 aliphatic rings. The fraction of sp³-hybridized carbons (Fsp3) is 0.611. The zero-order valence-corrected chi connectivity index (χ0v) is 14.2. The van der Waals surface area contributed by atoms with Crippen molar-refractivity contribution in [3.05, 3.63) is 29.0 Å². The molecular weight excluding hydrogens is 301 g/mol. The Morgan fingerprint density at radius 3 is 2.23 bits per heavy atom. The predicted molar refractivity (Wildman–Crippen MR) is 91.9 cm³/mol. The van der Waals surface area contributed by atoms with Crippen molar-refractivity contribution in [2.75, 3.05) is 5.32 Å². The molecule has 124 valence electrons. The van der Waals surface area contributed by atoms with E-state index in [2.05, 4.69) is 12.2 Å². The maximum absolute atomic E-state index is 13.0. The smallest absolute Gasteiger partial charge is 0.224 e. The van der Waals surface area contributed by atoms with Crippen LogP contribution in [0.4, 0.5) is 10.1 Å². The molecular formula is C18H27ClFNO. The van der Waals surface area contributed by atoms with Crippen molar-refractivity contribution in [1.29, 1.82) is 0 Å². The van der Waals surface area contributed by atoms with Gasteiger partial charge in [0.15, 0.2) is 0 Å². The molecule has 2 nitrogen and oxygen atoms in total. The van der Waals surface area contributed by atoms with Crippen LogP contribution in [0.15, 0.2) is 18.2 Å². The minimum Gasteiger partial charge on any atom is -0.326 e. The highest BCUT2D eigenvalue weighted by molar-refractivity contribution is 6.31. The Morgan fingerprint density at radius 2 is 1.64 bits per heavy atom. The molecule has 0 spiro atoms. The summed E-state index contributed by atoms with van der Waals surface area (Å²) in [5, 5.41) is 2.77. The number of carbonyl (C=O) groups excluding carboxylic acids is 1. The summed E-state index contributed by atoms with van der Waals surface area (Å²) < 4.78 is 13.0. The van der Waals surface area contributed by atoms with Gasteiger partial charge in [0.25, 0.3) is 0 Å². The van der Waals surface area contributed by atoms with E-state index in [1.165, 1.54) is 63.1 Å². The van der Waals surface area contributed by atoms with Crippen LogP contribution in [0, 0.1) is 5.82 Å². The lowest BCUT2D eigenvalue weighted by molar-refractivity contribution is -0.116. The fourth-order valence-electron chi connectivity index (χ4n) is 2.39. The summed E-state index contributed by atoms with van der Waals surface area (Å²) in [6.07, 6.45) is 11.6. The van der Waals surface area contributed by atoms with Crippen LogP contribution in [0.1, 0.15) is 71.1 Å². The van der Waals surface area contributed by atoms with E-state index >= 15 is 0 Å². The lowest BCUT2D eigenvalue weighted by Crippen LogP contribution is -2.11. The first-order chi connectivity index (χ1) is 10.6. The molecule has 0 aliphatic heterocycles. The van der Waals surface area contributed by atoms with E-state index in [9.17, 15) is 9.18 Å². The summed E-state index contributed by atoms with van der Waals surface area (Å²) in [5.41, 5.74) is 0.548. The number of nitrogens with one attached hydrogen (secondary N) is 1. The fourth-order valence-corrected chi connectivity index (χ4v) is 2.57. The zero-order valence-electron chi connectivity index (χ0n) is 13.5. The maximum atomic E-state index is 13.0. The topological polar surface area (TPSA) is 29.1 Å². The molecule has 0 heterocycles. The maximum Gasteiger partial charge on any atom is 0.224 e. The molecule has 0 aliphatic carbocycles. The third-order valence-corrected chi connectivity index (χ3v) is 4.00. The normalized spacial score (nSPS) is 10.7. The van der Waals surface area contributed by atoms with Gasteiger partial charge in [-0.2, -0.15) is 0 Å². The van der Waals surface area contributed by atoms with Crippen molar-refractivity contribution in [2.24, 2.45) is 0 Å². The molecule has 1 aromatic carbocycles. The van der Waals surface area contributed by atoms with Gasteiger partial charge in [-0.1, -0.05) is 69.9 Å². The third-order valence-electron chi connectivity index (χ3n) is 3.71. The molecule has 0 saturated heterocycles. The molecule has 1 N–H and O–H groups in total. The molecule has 0 bridgehead atoms. The quantitative estimate of drug-likeness (QED) is 0.472. The van der Waals surface area contributed by atoms with Crippen molar-refractivity contribution < 1.29 is 9.18 Å². The van der Waals surface area contributed by atoms with Crippen molar-refractivity contribution in [2.45, 2.75) is 71.1 Å². The van der Waals surface area contributed by atoms with Crippen LogP contribution in [0.2, 0.25) is 5.02 Å². The molecule has 0 atom stereocenters. The molecule has 1 amide bonds. The minimum absolute atomic E-state index is 0.0286. The van der Waals surface area contributed by atoms with Gasteiger partial charge >= 0.3 is 0 Å². The van der Waals surface area contributed by atoms with Crippen molar-refractivity contribution in [1.82, 2.24) is 0 Å². The van der Waals surface area contributed by atoms with E-state index in [1.807, 2.05) is 0 Å². The standard InChI is InChI=1S/C18H27ClFNO/c1-2-3-4-5-6-7-8-9-10-11-18(22)21-15-12-13-17(20)16(19)14-15/h12-14H,2-11H2,1H3,(H,21,22). The van der Waals surface area contributed by atoms with Gasteiger partial charge in [0, 0.05) is 12.1 Å². The SMILES string of the molecule is CCCCCCCCCCCC(=O)Nc1ccc(F)c(Cl)c1. The minimum atomic E-state index is -0.474. The van der Waals surface area contributed by atoms with Gasteiger partial charge in [-0.3, -0.25) is 4.79 Å². The van der Waals surface area contributed by atoms with Gasteiger partial charge in [0.05, 0.1) is 5.02 Å². The van der Waals surface area contributed by atoms with Crippen molar-refractivity contribution in [3.63, 3.8) is 0 Å². The number of rotatable bonds is 11. The second-order valence-electron chi connectivity index (χ2n) is 5.76. The highest BCUT2D eigenvalue weighted by Gasteiger charge is 2.05. The largest absolute Gasteiger partial charge is 0.326 e. The summed E-state index contributed by atoms with van der Waals surface area (Å²) in [6, 6.07) is 4.22. The molecule has 0 unspecified atom stereocenters. The average Bonchev–Trinajstić information content (AvgIpc) is 2.49. The molecule has 4 heteroatoms. The zero-order chi connectivity index (χ0) is 16.2. The van der Waals surface area contributed by atoms with Gasteiger partial charge in [-0.25, -0.2) is 4.39 Å². The first-order valence-corrected chi connectivity index (χ1v) is 8.76. The van der Waals surface area contributed by atoms with E-state index in [1.54, 1.807) is 0 Å². The Morgan fingerprint density at radius 1 is 1.05 bits per heavy atom. The van der Waals surface area contributed by atoms with E-state index in [-0.39, 0.29) is 10.9 Å². The summed E-state index contributed by atoms with van der Waals surface area (Å²) in [7, 11) is 0. The third kappa shape index (κ3) is 8.38. The van der Waals surface area contributed by atoms with Crippen LogP contribution < -0.4 is 5.32 Å².